The fraction of sp³-hybridized carbons (Fsp3) is 0.222. The van der Waals surface area contributed by atoms with Crippen molar-refractivity contribution in [3.8, 4) is 5.75 Å². The van der Waals surface area contributed by atoms with Gasteiger partial charge in [-0.3, -0.25) is 0 Å². The Morgan fingerprint density at radius 2 is 2.33 bits per heavy atom. The number of carboxylic acid groups (broad SMARTS) is 1. The SMILES string of the molecule is O=C(O)NCCOc1cccc(Br)c1Cl. The third-order valence-electron chi connectivity index (χ3n) is 1.55. The van der Waals surface area contributed by atoms with E-state index in [-0.39, 0.29) is 13.2 Å². The Hall–Kier alpha value is -0.940. The summed E-state index contributed by atoms with van der Waals surface area (Å²) in [4.78, 5) is 10.1. The first-order valence-corrected chi connectivity index (χ1v) is 5.32. The molecular formula is C9H9BrClNO3. The lowest BCUT2D eigenvalue weighted by atomic mass is 10.3. The van der Waals surface area contributed by atoms with E-state index >= 15 is 0 Å². The average Bonchev–Trinajstić information content (AvgIpc) is 2.18. The molecule has 0 aliphatic heterocycles. The summed E-state index contributed by atoms with van der Waals surface area (Å²) in [6.45, 7) is 0.459. The van der Waals surface area contributed by atoms with Crippen molar-refractivity contribution in [2.45, 2.75) is 0 Å². The topological polar surface area (TPSA) is 58.6 Å². The van der Waals surface area contributed by atoms with E-state index in [0.29, 0.717) is 10.8 Å². The van der Waals surface area contributed by atoms with Gasteiger partial charge in [0, 0.05) is 4.47 Å². The number of carbonyl (C=O) groups is 1. The second kappa shape index (κ2) is 5.82. The van der Waals surface area contributed by atoms with Gasteiger partial charge in [-0.05, 0) is 28.1 Å². The lowest BCUT2D eigenvalue weighted by Gasteiger charge is -2.08. The molecule has 0 aromatic heterocycles. The fourth-order valence-electron chi connectivity index (χ4n) is 0.914. The van der Waals surface area contributed by atoms with Crippen LogP contribution in [0.1, 0.15) is 0 Å². The molecule has 82 valence electrons. The summed E-state index contributed by atoms with van der Waals surface area (Å²) in [5.41, 5.74) is 0. The maximum atomic E-state index is 10.1. The highest BCUT2D eigenvalue weighted by Crippen LogP contribution is 2.31. The van der Waals surface area contributed by atoms with Gasteiger partial charge in [-0.2, -0.15) is 0 Å². The first-order valence-electron chi connectivity index (χ1n) is 4.15. The normalized spacial score (nSPS) is 9.73. The van der Waals surface area contributed by atoms with Gasteiger partial charge >= 0.3 is 6.09 Å². The summed E-state index contributed by atoms with van der Waals surface area (Å²) in [5, 5.41) is 11.0. The molecule has 0 aliphatic carbocycles. The minimum Gasteiger partial charge on any atom is -0.490 e. The van der Waals surface area contributed by atoms with Crippen LogP contribution < -0.4 is 10.1 Å². The molecule has 0 spiro atoms. The molecular weight excluding hydrogens is 285 g/mol. The van der Waals surface area contributed by atoms with Crippen LogP contribution in [0.4, 0.5) is 4.79 Å². The zero-order chi connectivity index (χ0) is 11.3. The van der Waals surface area contributed by atoms with Gasteiger partial charge in [0.1, 0.15) is 12.4 Å². The van der Waals surface area contributed by atoms with Gasteiger partial charge < -0.3 is 15.2 Å². The maximum Gasteiger partial charge on any atom is 0.404 e. The maximum absolute atomic E-state index is 10.1. The van der Waals surface area contributed by atoms with E-state index in [4.69, 9.17) is 21.4 Å². The smallest absolute Gasteiger partial charge is 0.404 e. The van der Waals surface area contributed by atoms with Crippen LogP contribution in [0.25, 0.3) is 0 Å². The molecule has 1 rings (SSSR count). The number of hydrogen-bond acceptors (Lipinski definition) is 2. The lowest BCUT2D eigenvalue weighted by molar-refractivity contribution is 0.191. The summed E-state index contributed by atoms with van der Waals surface area (Å²) in [7, 11) is 0. The van der Waals surface area contributed by atoms with Crippen LogP contribution in [0.2, 0.25) is 5.02 Å². The molecule has 0 fully saturated rings. The van der Waals surface area contributed by atoms with E-state index in [1.165, 1.54) is 0 Å². The second-order valence-electron chi connectivity index (χ2n) is 2.63. The summed E-state index contributed by atoms with van der Waals surface area (Å²) < 4.78 is 6.02. The molecule has 1 amide bonds. The predicted octanol–water partition coefficient (Wildman–Crippen LogP) is 2.75. The van der Waals surface area contributed by atoms with Gasteiger partial charge in [0.05, 0.1) is 11.6 Å². The second-order valence-corrected chi connectivity index (χ2v) is 3.86. The third kappa shape index (κ3) is 3.97. The van der Waals surface area contributed by atoms with Crippen molar-refractivity contribution in [1.82, 2.24) is 5.32 Å². The van der Waals surface area contributed by atoms with Crippen molar-refractivity contribution in [3.05, 3.63) is 27.7 Å². The van der Waals surface area contributed by atoms with Crippen molar-refractivity contribution in [2.24, 2.45) is 0 Å². The van der Waals surface area contributed by atoms with Crippen LogP contribution in [0.3, 0.4) is 0 Å². The highest BCUT2D eigenvalue weighted by Gasteiger charge is 2.04. The summed E-state index contributed by atoms with van der Waals surface area (Å²) in [6.07, 6.45) is -1.07. The van der Waals surface area contributed by atoms with Gasteiger partial charge in [0.2, 0.25) is 0 Å². The van der Waals surface area contributed by atoms with E-state index in [9.17, 15) is 4.79 Å². The van der Waals surface area contributed by atoms with Crippen LogP contribution in [0, 0.1) is 0 Å². The molecule has 2 N–H and O–H groups in total. The van der Waals surface area contributed by atoms with Gasteiger partial charge in [-0.1, -0.05) is 17.7 Å². The molecule has 1 aromatic rings. The van der Waals surface area contributed by atoms with Crippen LogP contribution >= 0.6 is 27.5 Å². The van der Waals surface area contributed by atoms with E-state index in [1.807, 2.05) is 0 Å². The Kier molecular flexibility index (Phi) is 4.71. The van der Waals surface area contributed by atoms with E-state index < -0.39 is 6.09 Å². The first kappa shape index (κ1) is 12.1. The first-order chi connectivity index (χ1) is 7.11. The molecule has 0 saturated heterocycles. The largest absolute Gasteiger partial charge is 0.490 e. The molecule has 0 atom stereocenters. The molecule has 6 heteroatoms. The Labute approximate surface area is 100 Å². The molecule has 15 heavy (non-hydrogen) atoms. The average molecular weight is 295 g/mol. The Morgan fingerprint density at radius 3 is 3.00 bits per heavy atom. The van der Waals surface area contributed by atoms with Crippen molar-refractivity contribution >= 4 is 33.6 Å². The van der Waals surface area contributed by atoms with Crippen LogP contribution in [-0.2, 0) is 0 Å². The Balaban J connectivity index is 2.44. The minimum atomic E-state index is -1.07. The van der Waals surface area contributed by atoms with Gasteiger partial charge in [0.25, 0.3) is 0 Å². The number of ether oxygens (including phenoxy) is 1. The third-order valence-corrected chi connectivity index (χ3v) is 2.83. The lowest BCUT2D eigenvalue weighted by Crippen LogP contribution is -2.26. The van der Waals surface area contributed by atoms with Crippen molar-refractivity contribution < 1.29 is 14.6 Å². The minimum absolute atomic E-state index is 0.220. The molecule has 0 bridgehead atoms. The summed E-state index contributed by atoms with van der Waals surface area (Å²) in [5.74, 6) is 0.526. The highest BCUT2D eigenvalue weighted by atomic mass is 79.9. The van der Waals surface area contributed by atoms with Gasteiger partial charge in [-0.15, -0.1) is 0 Å². The van der Waals surface area contributed by atoms with Gasteiger partial charge in [-0.25, -0.2) is 4.79 Å². The van der Waals surface area contributed by atoms with Crippen molar-refractivity contribution in [2.75, 3.05) is 13.2 Å². The Bertz CT molecular complexity index is 359. The summed E-state index contributed by atoms with van der Waals surface area (Å²) >= 11 is 9.18. The van der Waals surface area contributed by atoms with E-state index in [2.05, 4.69) is 21.2 Å². The number of halogens is 2. The molecule has 0 heterocycles. The Morgan fingerprint density at radius 1 is 1.60 bits per heavy atom. The monoisotopic (exact) mass is 293 g/mol. The molecule has 0 aliphatic rings. The van der Waals surface area contributed by atoms with Crippen LogP contribution in [0.15, 0.2) is 22.7 Å². The van der Waals surface area contributed by atoms with Crippen LogP contribution in [0.5, 0.6) is 5.75 Å². The number of rotatable bonds is 4. The molecule has 1 aromatic carbocycles. The zero-order valence-electron chi connectivity index (χ0n) is 7.67. The van der Waals surface area contributed by atoms with E-state index in [0.717, 1.165) is 4.47 Å². The number of nitrogens with one attached hydrogen (secondary N) is 1. The molecule has 0 radical (unpaired) electrons. The summed E-state index contributed by atoms with van der Waals surface area (Å²) in [6, 6.07) is 5.30. The molecule has 0 unspecified atom stereocenters. The molecule has 0 saturated carbocycles. The number of hydrogen-bond donors (Lipinski definition) is 2. The molecule has 4 nitrogen and oxygen atoms in total. The standard InChI is InChI=1S/C9H9BrClNO3/c10-6-2-1-3-7(8(6)11)15-5-4-12-9(13)14/h1-3,12H,4-5H2,(H,13,14). The van der Waals surface area contributed by atoms with E-state index in [1.54, 1.807) is 18.2 Å². The van der Waals surface area contributed by atoms with Crippen LogP contribution in [-0.4, -0.2) is 24.4 Å². The quantitative estimate of drug-likeness (QED) is 0.840. The fourth-order valence-corrected chi connectivity index (χ4v) is 1.44. The van der Waals surface area contributed by atoms with Gasteiger partial charge in [0.15, 0.2) is 0 Å². The highest BCUT2D eigenvalue weighted by molar-refractivity contribution is 9.10. The van der Waals surface area contributed by atoms with Crippen molar-refractivity contribution in [1.29, 1.82) is 0 Å². The zero-order valence-corrected chi connectivity index (χ0v) is 10.0. The number of amides is 1. The number of benzene rings is 1. The predicted molar refractivity (Wildman–Crippen MR) is 60.7 cm³/mol. The van der Waals surface area contributed by atoms with Crippen molar-refractivity contribution in [3.63, 3.8) is 0 Å².